The van der Waals surface area contributed by atoms with Crippen molar-refractivity contribution in [1.82, 2.24) is 20.1 Å². The van der Waals surface area contributed by atoms with E-state index in [2.05, 4.69) is 52.1 Å². The number of hydrogen-bond donors (Lipinski definition) is 2. The third-order valence-corrected chi connectivity index (χ3v) is 5.48. The van der Waals surface area contributed by atoms with E-state index in [1.165, 1.54) is 23.3 Å². The highest BCUT2D eigenvalue weighted by atomic mass is 19.1. The molecule has 1 aliphatic heterocycles. The molecule has 0 spiro atoms. The van der Waals surface area contributed by atoms with Crippen LogP contribution < -0.4 is 5.69 Å². The van der Waals surface area contributed by atoms with Crippen molar-refractivity contribution in [3.05, 3.63) is 86.8 Å². The summed E-state index contributed by atoms with van der Waals surface area (Å²) in [6.45, 7) is 7.62. The van der Waals surface area contributed by atoms with Gasteiger partial charge in [0.1, 0.15) is 11.6 Å². The topological polar surface area (TPSA) is 83.2 Å². The van der Waals surface area contributed by atoms with Crippen molar-refractivity contribution in [2.45, 2.75) is 45.8 Å². The Bertz CT molecular complexity index is 1060. The minimum absolute atomic E-state index is 0.198. The molecule has 7 nitrogen and oxygen atoms in total. The van der Waals surface area contributed by atoms with Crippen LogP contribution in [-0.2, 0) is 16.0 Å². The standard InChI is InChI=1S/C23H27FN4O3/c1-14-10-15(2)12-18(11-14)16(3)31-22-21(17-4-6-19(24)7-5-17)28(8-9-30-22)13-20-25-23(29)27-26-20/h4-7,10-12,16,21-22H,8-9,13H2,1-3H3,(H2,25,26,27,29)/t16-,21+,22-/m1/s1. The number of halogens is 1. The molecule has 2 heterocycles. The van der Waals surface area contributed by atoms with Crippen LogP contribution >= 0.6 is 0 Å². The van der Waals surface area contributed by atoms with Gasteiger partial charge < -0.3 is 9.47 Å². The Morgan fingerprint density at radius 3 is 2.58 bits per heavy atom. The van der Waals surface area contributed by atoms with E-state index in [0.29, 0.717) is 25.5 Å². The van der Waals surface area contributed by atoms with Crippen LogP contribution in [0.2, 0.25) is 0 Å². The Morgan fingerprint density at radius 1 is 1.23 bits per heavy atom. The zero-order valence-corrected chi connectivity index (χ0v) is 17.9. The first-order valence-electron chi connectivity index (χ1n) is 10.4. The molecule has 0 bridgehead atoms. The van der Waals surface area contributed by atoms with Crippen molar-refractivity contribution in [1.29, 1.82) is 0 Å². The summed E-state index contributed by atoms with van der Waals surface area (Å²) in [6, 6.07) is 12.4. The first-order chi connectivity index (χ1) is 14.9. The molecule has 8 heteroatoms. The van der Waals surface area contributed by atoms with Gasteiger partial charge in [0.25, 0.3) is 0 Å². The Morgan fingerprint density at radius 2 is 1.94 bits per heavy atom. The van der Waals surface area contributed by atoms with Gasteiger partial charge in [0.2, 0.25) is 0 Å². The molecule has 164 valence electrons. The van der Waals surface area contributed by atoms with Gasteiger partial charge in [-0.1, -0.05) is 41.5 Å². The smallest absolute Gasteiger partial charge is 0.340 e. The van der Waals surface area contributed by atoms with Crippen molar-refractivity contribution >= 4 is 0 Å². The number of aromatic nitrogens is 3. The van der Waals surface area contributed by atoms with Crippen LogP contribution in [0.5, 0.6) is 0 Å². The fourth-order valence-corrected chi connectivity index (χ4v) is 4.10. The van der Waals surface area contributed by atoms with Crippen LogP contribution in [0.4, 0.5) is 4.39 Å². The molecule has 3 aromatic rings. The lowest BCUT2D eigenvalue weighted by molar-refractivity contribution is -0.231. The van der Waals surface area contributed by atoms with E-state index in [0.717, 1.165) is 11.1 Å². The van der Waals surface area contributed by atoms with Crippen molar-refractivity contribution in [3.63, 3.8) is 0 Å². The summed E-state index contributed by atoms with van der Waals surface area (Å²) >= 11 is 0. The number of aromatic amines is 2. The number of benzene rings is 2. The number of morpholine rings is 1. The molecule has 4 rings (SSSR count). The fraction of sp³-hybridized carbons (Fsp3) is 0.391. The van der Waals surface area contributed by atoms with Crippen LogP contribution in [0, 0.1) is 19.7 Å². The normalized spacial score (nSPS) is 20.6. The summed E-state index contributed by atoms with van der Waals surface area (Å²) in [7, 11) is 0. The van der Waals surface area contributed by atoms with Crippen LogP contribution in [0.15, 0.2) is 47.3 Å². The predicted octanol–water partition coefficient (Wildman–Crippen LogP) is 3.53. The molecule has 1 aromatic heterocycles. The molecule has 1 fully saturated rings. The largest absolute Gasteiger partial charge is 0.349 e. The van der Waals surface area contributed by atoms with Crippen molar-refractivity contribution < 1.29 is 13.9 Å². The number of ether oxygens (including phenoxy) is 2. The van der Waals surface area contributed by atoms with Gasteiger partial charge in [-0.05, 0) is 44.0 Å². The fourth-order valence-electron chi connectivity index (χ4n) is 4.10. The SMILES string of the molecule is Cc1cc(C)cc([C@@H](C)O[C@H]2OCCN(Cc3n[nH]c(=O)[nH]3)[C@H]2c2ccc(F)cc2)c1. The molecule has 2 aromatic carbocycles. The molecule has 0 saturated carbocycles. The third-order valence-electron chi connectivity index (χ3n) is 5.48. The second-order valence-electron chi connectivity index (χ2n) is 8.03. The van der Waals surface area contributed by atoms with E-state index in [4.69, 9.17) is 9.47 Å². The summed E-state index contributed by atoms with van der Waals surface area (Å²) in [5.74, 6) is 0.227. The average molecular weight is 426 g/mol. The highest BCUT2D eigenvalue weighted by Gasteiger charge is 2.36. The lowest BCUT2D eigenvalue weighted by Gasteiger charge is -2.41. The molecular formula is C23H27FN4O3. The maximum absolute atomic E-state index is 13.6. The molecule has 3 atom stereocenters. The maximum atomic E-state index is 13.6. The van der Waals surface area contributed by atoms with Crippen LogP contribution in [0.25, 0.3) is 0 Å². The zero-order valence-electron chi connectivity index (χ0n) is 17.9. The summed E-state index contributed by atoms with van der Waals surface area (Å²) in [6.07, 6.45) is -0.766. The first kappa shape index (κ1) is 21.4. The Balaban J connectivity index is 1.62. The quantitative estimate of drug-likeness (QED) is 0.630. The molecule has 0 unspecified atom stereocenters. The van der Waals surface area contributed by atoms with Gasteiger partial charge in [-0.2, -0.15) is 5.10 Å². The summed E-state index contributed by atoms with van der Waals surface area (Å²) < 4.78 is 26.0. The number of aryl methyl sites for hydroxylation is 2. The second kappa shape index (κ2) is 9.13. The summed E-state index contributed by atoms with van der Waals surface area (Å²) in [5.41, 5.74) is 3.95. The van der Waals surface area contributed by atoms with E-state index in [1.807, 2.05) is 6.92 Å². The van der Waals surface area contributed by atoms with E-state index in [9.17, 15) is 9.18 Å². The van der Waals surface area contributed by atoms with E-state index in [1.54, 1.807) is 12.1 Å². The van der Waals surface area contributed by atoms with E-state index >= 15 is 0 Å². The monoisotopic (exact) mass is 426 g/mol. The molecule has 1 aliphatic rings. The maximum Gasteiger partial charge on any atom is 0.340 e. The minimum Gasteiger partial charge on any atom is -0.349 e. The van der Waals surface area contributed by atoms with Gasteiger partial charge in [-0.25, -0.2) is 14.3 Å². The lowest BCUT2D eigenvalue weighted by atomic mass is 10.0. The number of H-pyrrole nitrogens is 2. The van der Waals surface area contributed by atoms with Gasteiger partial charge in [0.15, 0.2) is 6.29 Å². The van der Waals surface area contributed by atoms with Gasteiger partial charge in [0.05, 0.1) is 25.3 Å². The second-order valence-corrected chi connectivity index (χ2v) is 8.03. The zero-order chi connectivity index (χ0) is 22.0. The number of nitrogens with zero attached hydrogens (tertiary/aromatic N) is 2. The summed E-state index contributed by atoms with van der Waals surface area (Å²) in [4.78, 5) is 16.3. The highest BCUT2D eigenvalue weighted by Crippen LogP contribution is 2.34. The number of hydrogen-bond acceptors (Lipinski definition) is 5. The third kappa shape index (κ3) is 5.10. The van der Waals surface area contributed by atoms with Gasteiger partial charge in [-0.15, -0.1) is 0 Å². The Hall–Kier alpha value is -2.81. The Kier molecular flexibility index (Phi) is 6.31. The molecule has 0 amide bonds. The lowest BCUT2D eigenvalue weighted by Crippen LogP contribution is -2.46. The van der Waals surface area contributed by atoms with Crippen molar-refractivity contribution in [2.24, 2.45) is 0 Å². The summed E-state index contributed by atoms with van der Waals surface area (Å²) in [5, 5.41) is 6.42. The van der Waals surface area contributed by atoms with Gasteiger partial charge in [0, 0.05) is 6.54 Å². The molecule has 31 heavy (non-hydrogen) atoms. The van der Waals surface area contributed by atoms with Crippen LogP contribution in [0.3, 0.4) is 0 Å². The average Bonchev–Trinajstić information content (AvgIpc) is 3.13. The van der Waals surface area contributed by atoms with Gasteiger partial charge >= 0.3 is 5.69 Å². The highest BCUT2D eigenvalue weighted by molar-refractivity contribution is 5.30. The predicted molar refractivity (Wildman–Crippen MR) is 114 cm³/mol. The number of rotatable bonds is 6. The number of nitrogens with one attached hydrogen (secondary N) is 2. The Labute approximate surface area is 180 Å². The molecular weight excluding hydrogens is 399 g/mol. The molecule has 0 radical (unpaired) electrons. The van der Waals surface area contributed by atoms with Gasteiger partial charge in [-0.3, -0.25) is 9.88 Å². The van der Waals surface area contributed by atoms with Crippen LogP contribution in [0.1, 0.15) is 47.1 Å². The molecule has 2 N–H and O–H groups in total. The van der Waals surface area contributed by atoms with Crippen molar-refractivity contribution in [3.8, 4) is 0 Å². The van der Waals surface area contributed by atoms with E-state index < -0.39 is 6.29 Å². The van der Waals surface area contributed by atoms with Crippen molar-refractivity contribution in [2.75, 3.05) is 13.2 Å². The van der Waals surface area contributed by atoms with E-state index in [-0.39, 0.29) is 23.7 Å². The minimum atomic E-state index is -0.569. The van der Waals surface area contributed by atoms with Crippen LogP contribution in [-0.4, -0.2) is 39.5 Å². The molecule has 1 saturated heterocycles. The molecule has 0 aliphatic carbocycles. The first-order valence-corrected chi connectivity index (χ1v) is 10.4.